The number of fused-ring (bicyclic) bond motifs is 1. The van der Waals surface area contributed by atoms with Crippen LogP contribution < -0.4 is 0 Å². The van der Waals surface area contributed by atoms with Gasteiger partial charge in [0, 0.05) is 0 Å². The lowest BCUT2D eigenvalue weighted by molar-refractivity contribution is 0.387. The Bertz CT molecular complexity index is 722. The first-order valence-corrected chi connectivity index (χ1v) is 9.37. The Morgan fingerprint density at radius 1 is 1.08 bits per heavy atom. The van der Waals surface area contributed by atoms with Gasteiger partial charge in [0.2, 0.25) is 0 Å². The van der Waals surface area contributed by atoms with Gasteiger partial charge >= 0.3 is 0 Å². The standard InChI is InChI=1S/C22H26F2O/c1-2-3-4-5-6-15-7-9-16(10-8-15)17-11-12-19-18(13-17)14-20(23)22(25)21(19)24/h7-10,14,17,25H,2-6,11-13H2,1H3. The van der Waals surface area contributed by atoms with Gasteiger partial charge in [-0.25, -0.2) is 8.78 Å². The molecule has 3 rings (SSSR count). The molecule has 0 heterocycles. The van der Waals surface area contributed by atoms with Crippen LogP contribution in [0.1, 0.15) is 67.2 Å². The van der Waals surface area contributed by atoms with E-state index >= 15 is 0 Å². The van der Waals surface area contributed by atoms with E-state index in [4.69, 9.17) is 0 Å². The SMILES string of the molecule is CCCCCCc1ccc(C2CCc3c(cc(F)c(O)c3F)C2)cc1. The average Bonchev–Trinajstić information content (AvgIpc) is 2.63. The Hall–Kier alpha value is -1.90. The van der Waals surface area contributed by atoms with Crippen molar-refractivity contribution in [3.8, 4) is 5.75 Å². The summed E-state index contributed by atoms with van der Waals surface area (Å²) in [6.07, 6.45) is 8.16. The van der Waals surface area contributed by atoms with E-state index in [1.54, 1.807) is 0 Å². The summed E-state index contributed by atoms with van der Waals surface area (Å²) in [5.74, 6) is -2.20. The third-order valence-corrected chi connectivity index (χ3v) is 5.37. The second-order valence-corrected chi connectivity index (χ2v) is 7.15. The minimum atomic E-state index is -0.862. The van der Waals surface area contributed by atoms with Crippen molar-refractivity contribution in [3.05, 3.63) is 64.2 Å². The summed E-state index contributed by atoms with van der Waals surface area (Å²) >= 11 is 0. The zero-order chi connectivity index (χ0) is 17.8. The fourth-order valence-corrected chi connectivity index (χ4v) is 3.83. The number of halogens is 2. The maximum atomic E-state index is 14.0. The predicted octanol–water partition coefficient (Wildman–Crippen LogP) is 6.07. The average molecular weight is 344 g/mol. The summed E-state index contributed by atoms with van der Waals surface area (Å²) in [6.45, 7) is 2.22. The summed E-state index contributed by atoms with van der Waals surface area (Å²) in [5.41, 5.74) is 3.75. The van der Waals surface area contributed by atoms with Crippen LogP contribution in [0.5, 0.6) is 5.75 Å². The first-order valence-electron chi connectivity index (χ1n) is 9.37. The van der Waals surface area contributed by atoms with Crippen molar-refractivity contribution >= 4 is 0 Å². The van der Waals surface area contributed by atoms with Crippen LogP contribution in [0.4, 0.5) is 8.78 Å². The van der Waals surface area contributed by atoms with E-state index in [1.165, 1.54) is 42.9 Å². The highest BCUT2D eigenvalue weighted by Crippen LogP contribution is 2.37. The van der Waals surface area contributed by atoms with Crippen molar-refractivity contribution in [3.63, 3.8) is 0 Å². The fraction of sp³-hybridized carbons (Fsp3) is 0.455. The molecule has 25 heavy (non-hydrogen) atoms. The summed E-state index contributed by atoms with van der Waals surface area (Å²) in [4.78, 5) is 0. The van der Waals surface area contributed by atoms with Gasteiger partial charge in [0.25, 0.3) is 0 Å². The van der Waals surface area contributed by atoms with Gasteiger partial charge in [-0.15, -0.1) is 0 Å². The highest BCUT2D eigenvalue weighted by Gasteiger charge is 2.26. The van der Waals surface area contributed by atoms with E-state index in [9.17, 15) is 13.9 Å². The molecule has 134 valence electrons. The van der Waals surface area contributed by atoms with Crippen LogP contribution >= 0.6 is 0 Å². The molecule has 3 heteroatoms. The van der Waals surface area contributed by atoms with E-state index in [0.29, 0.717) is 24.0 Å². The molecule has 0 aromatic heterocycles. The molecule has 0 radical (unpaired) electrons. The van der Waals surface area contributed by atoms with Gasteiger partial charge in [0.1, 0.15) is 0 Å². The Labute approximate surface area is 148 Å². The molecule has 0 fully saturated rings. The lowest BCUT2D eigenvalue weighted by atomic mass is 9.79. The molecule has 0 saturated carbocycles. The van der Waals surface area contributed by atoms with Crippen molar-refractivity contribution in [2.24, 2.45) is 0 Å². The van der Waals surface area contributed by atoms with Crippen molar-refractivity contribution in [1.29, 1.82) is 0 Å². The zero-order valence-corrected chi connectivity index (χ0v) is 14.8. The molecule has 0 aliphatic heterocycles. The first-order chi connectivity index (χ1) is 12.1. The third kappa shape index (κ3) is 4.02. The molecule has 1 aliphatic rings. The Kier molecular flexibility index (Phi) is 5.72. The summed E-state index contributed by atoms with van der Waals surface area (Å²) in [5, 5.41) is 9.43. The number of benzene rings is 2. The van der Waals surface area contributed by atoms with Crippen molar-refractivity contribution in [2.75, 3.05) is 0 Å². The van der Waals surface area contributed by atoms with E-state index in [-0.39, 0.29) is 5.92 Å². The summed E-state index contributed by atoms with van der Waals surface area (Å²) in [6, 6.07) is 10.0. The van der Waals surface area contributed by atoms with Gasteiger partial charge in [-0.3, -0.25) is 0 Å². The number of hydrogen-bond acceptors (Lipinski definition) is 1. The van der Waals surface area contributed by atoms with E-state index in [0.717, 1.165) is 12.8 Å². The minimum Gasteiger partial charge on any atom is -0.503 e. The Morgan fingerprint density at radius 2 is 1.84 bits per heavy atom. The second kappa shape index (κ2) is 7.99. The number of unbranched alkanes of at least 4 members (excludes halogenated alkanes) is 3. The largest absolute Gasteiger partial charge is 0.503 e. The first kappa shape index (κ1) is 17.9. The van der Waals surface area contributed by atoms with Crippen LogP contribution in [0, 0.1) is 11.6 Å². The number of phenols is 1. The quantitative estimate of drug-likeness (QED) is 0.631. The van der Waals surface area contributed by atoms with Crippen LogP contribution in [0.3, 0.4) is 0 Å². The lowest BCUT2D eigenvalue weighted by Crippen LogP contribution is -2.15. The maximum absolute atomic E-state index is 14.0. The number of aryl methyl sites for hydroxylation is 1. The molecule has 0 amide bonds. The highest BCUT2D eigenvalue weighted by atomic mass is 19.1. The van der Waals surface area contributed by atoms with Crippen LogP contribution in [-0.4, -0.2) is 5.11 Å². The van der Waals surface area contributed by atoms with Crippen molar-refractivity contribution < 1.29 is 13.9 Å². The highest BCUT2D eigenvalue weighted by molar-refractivity contribution is 5.41. The van der Waals surface area contributed by atoms with E-state index < -0.39 is 17.4 Å². The molecule has 0 bridgehead atoms. The molecule has 2 aromatic rings. The van der Waals surface area contributed by atoms with Gasteiger partial charge < -0.3 is 5.11 Å². The van der Waals surface area contributed by atoms with Crippen LogP contribution in [0.2, 0.25) is 0 Å². The summed E-state index contributed by atoms with van der Waals surface area (Å²) < 4.78 is 27.6. The zero-order valence-electron chi connectivity index (χ0n) is 14.8. The molecule has 2 aromatic carbocycles. The van der Waals surface area contributed by atoms with E-state index in [1.807, 2.05) is 0 Å². The number of phenolic OH excluding ortho intramolecular Hbond substituents is 1. The van der Waals surface area contributed by atoms with Gasteiger partial charge in [-0.05, 0) is 66.3 Å². The topological polar surface area (TPSA) is 20.2 Å². The van der Waals surface area contributed by atoms with E-state index in [2.05, 4.69) is 31.2 Å². The Morgan fingerprint density at radius 3 is 2.56 bits per heavy atom. The smallest absolute Gasteiger partial charge is 0.188 e. The number of aromatic hydroxyl groups is 1. The van der Waals surface area contributed by atoms with Gasteiger partial charge in [-0.1, -0.05) is 50.5 Å². The second-order valence-electron chi connectivity index (χ2n) is 7.15. The van der Waals surface area contributed by atoms with Gasteiger partial charge in [-0.2, -0.15) is 0 Å². The normalized spacial score (nSPS) is 16.7. The third-order valence-electron chi connectivity index (χ3n) is 5.37. The molecule has 0 saturated heterocycles. The maximum Gasteiger partial charge on any atom is 0.188 e. The molecule has 1 unspecified atom stereocenters. The van der Waals surface area contributed by atoms with Gasteiger partial charge in [0.05, 0.1) is 0 Å². The molecule has 1 atom stereocenters. The predicted molar refractivity (Wildman–Crippen MR) is 97.1 cm³/mol. The Balaban J connectivity index is 1.68. The van der Waals surface area contributed by atoms with Crippen LogP contribution in [-0.2, 0) is 19.3 Å². The molecule has 1 N–H and O–H groups in total. The fourth-order valence-electron chi connectivity index (χ4n) is 3.83. The molecule has 0 spiro atoms. The molecular formula is C22H26F2O. The van der Waals surface area contributed by atoms with Crippen LogP contribution in [0.25, 0.3) is 0 Å². The summed E-state index contributed by atoms with van der Waals surface area (Å²) in [7, 11) is 0. The minimum absolute atomic E-state index is 0.282. The lowest BCUT2D eigenvalue weighted by Gasteiger charge is -2.26. The van der Waals surface area contributed by atoms with Gasteiger partial charge in [0.15, 0.2) is 17.4 Å². The number of hydrogen-bond donors (Lipinski definition) is 1. The molecular weight excluding hydrogens is 318 g/mol. The monoisotopic (exact) mass is 344 g/mol. The molecule has 1 nitrogen and oxygen atoms in total. The number of rotatable bonds is 6. The van der Waals surface area contributed by atoms with Crippen molar-refractivity contribution in [1.82, 2.24) is 0 Å². The van der Waals surface area contributed by atoms with Crippen LogP contribution in [0.15, 0.2) is 30.3 Å². The van der Waals surface area contributed by atoms with Crippen molar-refractivity contribution in [2.45, 2.75) is 64.2 Å². The molecule has 1 aliphatic carbocycles.